The van der Waals surface area contributed by atoms with E-state index in [2.05, 4.69) is 9.80 Å². The summed E-state index contributed by atoms with van der Waals surface area (Å²) in [6.07, 6.45) is 3.26. The SMILES string of the molecule is NCC1(N2CCN3CCCC3C2)CCS(=O)(=O)C1. The normalized spacial score (nSPS) is 41.1. The van der Waals surface area contributed by atoms with Crippen LogP contribution in [-0.2, 0) is 9.84 Å². The smallest absolute Gasteiger partial charge is 0.152 e. The highest BCUT2D eigenvalue weighted by molar-refractivity contribution is 7.91. The molecule has 0 amide bonds. The van der Waals surface area contributed by atoms with Crippen molar-refractivity contribution in [3.05, 3.63) is 0 Å². The second kappa shape index (κ2) is 4.44. The number of sulfone groups is 1. The highest BCUT2D eigenvalue weighted by Crippen LogP contribution is 2.33. The fourth-order valence-electron chi connectivity index (χ4n) is 3.86. The summed E-state index contributed by atoms with van der Waals surface area (Å²) in [5.74, 6) is 0.582. The minimum absolute atomic E-state index is 0.267. The number of nitrogens with two attached hydrogens (primary N) is 1. The van der Waals surface area contributed by atoms with Gasteiger partial charge in [0.15, 0.2) is 9.84 Å². The van der Waals surface area contributed by atoms with Crippen LogP contribution in [0.2, 0.25) is 0 Å². The number of hydrogen-bond donors (Lipinski definition) is 1. The van der Waals surface area contributed by atoms with Gasteiger partial charge in [-0.15, -0.1) is 0 Å². The van der Waals surface area contributed by atoms with Crippen LogP contribution < -0.4 is 5.73 Å². The molecule has 2 atom stereocenters. The molecule has 0 aromatic carbocycles. The van der Waals surface area contributed by atoms with Crippen molar-refractivity contribution in [3.63, 3.8) is 0 Å². The Labute approximate surface area is 109 Å². The van der Waals surface area contributed by atoms with Gasteiger partial charge in [0.1, 0.15) is 0 Å². The molecule has 0 bridgehead atoms. The van der Waals surface area contributed by atoms with E-state index in [1.807, 2.05) is 0 Å². The minimum atomic E-state index is -2.87. The maximum Gasteiger partial charge on any atom is 0.152 e. The van der Waals surface area contributed by atoms with Crippen molar-refractivity contribution in [1.82, 2.24) is 9.80 Å². The Bertz CT molecular complexity index is 425. The van der Waals surface area contributed by atoms with E-state index in [1.54, 1.807) is 0 Å². The van der Waals surface area contributed by atoms with Crippen molar-refractivity contribution in [2.75, 3.05) is 44.2 Å². The fourth-order valence-corrected chi connectivity index (χ4v) is 5.96. The molecule has 0 aromatic rings. The average molecular weight is 273 g/mol. The van der Waals surface area contributed by atoms with Crippen LogP contribution in [0.15, 0.2) is 0 Å². The molecule has 18 heavy (non-hydrogen) atoms. The second-order valence-corrected chi connectivity index (χ2v) is 8.23. The van der Waals surface area contributed by atoms with E-state index in [4.69, 9.17) is 5.73 Å². The molecule has 5 nitrogen and oxygen atoms in total. The van der Waals surface area contributed by atoms with Crippen LogP contribution in [0, 0.1) is 0 Å². The maximum atomic E-state index is 11.8. The molecule has 3 aliphatic heterocycles. The third kappa shape index (κ3) is 2.09. The number of fused-ring (bicyclic) bond motifs is 1. The Hall–Kier alpha value is -0.170. The molecule has 3 heterocycles. The lowest BCUT2D eigenvalue weighted by Gasteiger charge is -2.46. The van der Waals surface area contributed by atoms with Gasteiger partial charge in [-0.1, -0.05) is 0 Å². The Morgan fingerprint density at radius 1 is 1.28 bits per heavy atom. The molecule has 3 aliphatic rings. The zero-order valence-electron chi connectivity index (χ0n) is 10.8. The molecule has 0 spiro atoms. The molecule has 0 aliphatic carbocycles. The molecule has 3 fully saturated rings. The molecule has 3 rings (SSSR count). The minimum Gasteiger partial charge on any atom is -0.329 e. The molecular weight excluding hydrogens is 250 g/mol. The van der Waals surface area contributed by atoms with Crippen molar-refractivity contribution in [2.24, 2.45) is 5.73 Å². The van der Waals surface area contributed by atoms with E-state index in [1.165, 1.54) is 19.4 Å². The van der Waals surface area contributed by atoms with Gasteiger partial charge in [0.05, 0.1) is 11.5 Å². The quantitative estimate of drug-likeness (QED) is 0.719. The van der Waals surface area contributed by atoms with Crippen LogP contribution in [0.3, 0.4) is 0 Å². The summed E-state index contributed by atoms with van der Waals surface area (Å²) < 4.78 is 23.6. The molecular formula is C12H23N3O2S. The van der Waals surface area contributed by atoms with E-state index in [0.29, 0.717) is 18.3 Å². The first-order valence-corrected chi connectivity index (χ1v) is 8.76. The van der Waals surface area contributed by atoms with Gasteiger partial charge in [0.25, 0.3) is 0 Å². The third-order valence-electron chi connectivity index (χ3n) is 5.01. The molecule has 2 N–H and O–H groups in total. The number of rotatable bonds is 2. The number of piperazine rings is 1. The summed E-state index contributed by atoms with van der Waals surface area (Å²) in [4.78, 5) is 4.92. The molecule has 3 saturated heterocycles. The van der Waals surface area contributed by atoms with Gasteiger partial charge < -0.3 is 5.73 Å². The third-order valence-corrected chi connectivity index (χ3v) is 6.81. The fraction of sp³-hybridized carbons (Fsp3) is 1.00. The van der Waals surface area contributed by atoms with Gasteiger partial charge in [-0.05, 0) is 25.8 Å². The van der Waals surface area contributed by atoms with Crippen molar-refractivity contribution in [3.8, 4) is 0 Å². The second-order valence-electron chi connectivity index (χ2n) is 6.05. The van der Waals surface area contributed by atoms with Gasteiger partial charge in [-0.3, -0.25) is 9.80 Å². The lowest BCUT2D eigenvalue weighted by Crippen LogP contribution is -2.62. The number of hydrogen-bond acceptors (Lipinski definition) is 5. The van der Waals surface area contributed by atoms with Crippen molar-refractivity contribution in [1.29, 1.82) is 0 Å². The van der Waals surface area contributed by atoms with E-state index in [-0.39, 0.29) is 11.3 Å². The van der Waals surface area contributed by atoms with Crippen LogP contribution >= 0.6 is 0 Å². The van der Waals surface area contributed by atoms with Crippen molar-refractivity contribution >= 4 is 9.84 Å². The lowest BCUT2D eigenvalue weighted by molar-refractivity contribution is 0.0309. The Morgan fingerprint density at radius 2 is 2.11 bits per heavy atom. The highest BCUT2D eigenvalue weighted by Gasteiger charge is 2.47. The van der Waals surface area contributed by atoms with Gasteiger partial charge in [-0.25, -0.2) is 8.42 Å². The van der Waals surface area contributed by atoms with Crippen LogP contribution in [0.5, 0.6) is 0 Å². The zero-order valence-corrected chi connectivity index (χ0v) is 11.7. The molecule has 104 valence electrons. The molecule has 0 saturated carbocycles. The van der Waals surface area contributed by atoms with Crippen LogP contribution in [-0.4, -0.2) is 74.0 Å². The first-order valence-electron chi connectivity index (χ1n) is 6.94. The monoisotopic (exact) mass is 273 g/mol. The summed E-state index contributed by atoms with van der Waals surface area (Å²) in [5, 5.41) is 0. The molecule has 2 unspecified atom stereocenters. The summed E-state index contributed by atoms with van der Waals surface area (Å²) in [7, 11) is -2.87. The summed E-state index contributed by atoms with van der Waals surface area (Å²) in [6, 6.07) is 0.630. The van der Waals surface area contributed by atoms with Gasteiger partial charge in [-0.2, -0.15) is 0 Å². The van der Waals surface area contributed by atoms with Crippen molar-refractivity contribution < 1.29 is 8.42 Å². The first-order chi connectivity index (χ1) is 8.55. The van der Waals surface area contributed by atoms with E-state index in [0.717, 1.165) is 26.1 Å². The first kappa shape index (κ1) is 12.8. The summed E-state index contributed by atoms with van der Waals surface area (Å²) in [6.45, 7) is 4.74. The standard InChI is InChI=1S/C12H23N3O2S/c13-9-12(3-7-18(16,17)10-12)15-6-5-14-4-1-2-11(14)8-15/h11H,1-10,13H2. The van der Waals surface area contributed by atoms with Crippen LogP contribution in [0.1, 0.15) is 19.3 Å². The van der Waals surface area contributed by atoms with Crippen LogP contribution in [0.25, 0.3) is 0 Å². The molecule has 0 radical (unpaired) electrons. The van der Waals surface area contributed by atoms with E-state index >= 15 is 0 Å². The maximum absolute atomic E-state index is 11.8. The summed E-state index contributed by atoms with van der Waals surface area (Å²) >= 11 is 0. The van der Waals surface area contributed by atoms with Gasteiger partial charge >= 0.3 is 0 Å². The predicted octanol–water partition coefficient (Wildman–Crippen LogP) is -0.718. The lowest BCUT2D eigenvalue weighted by atomic mass is 9.94. The number of nitrogens with zero attached hydrogens (tertiary/aromatic N) is 2. The Balaban J connectivity index is 1.77. The van der Waals surface area contributed by atoms with Gasteiger partial charge in [0.2, 0.25) is 0 Å². The molecule has 6 heteroatoms. The highest BCUT2D eigenvalue weighted by atomic mass is 32.2. The predicted molar refractivity (Wildman–Crippen MR) is 71.2 cm³/mol. The van der Waals surface area contributed by atoms with Gasteiger partial charge in [0, 0.05) is 37.8 Å². The van der Waals surface area contributed by atoms with Crippen LogP contribution in [0.4, 0.5) is 0 Å². The zero-order chi connectivity index (χ0) is 12.8. The Kier molecular flexibility index (Phi) is 3.17. The average Bonchev–Trinajstić information content (AvgIpc) is 2.92. The van der Waals surface area contributed by atoms with Crippen molar-refractivity contribution in [2.45, 2.75) is 30.8 Å². The van der Waals surface area contributed by atoms with E-state index < -0.39 is 9.84 Å². The van der Waals surface area contributed by atoms with E-state index in [9.17, 15) is 8.42 Å². The molecule has 0 aromatic heterocycles. The Morgan fingerprint density at radius 3 is 2.78 bits per heavy atom. The summed E-state index contributed by atoms with van der Waals surface area (Å²) in [5.41, 5.74) is 5.67. The largest absolute Gasteiger partial charge is 0.329 e. The topological polar surface area (TPSA) is 66.6 Å².